The van der Waals surface area contributed by atoms with E-state index in [-0.39, 0.29) is 23.8 Å². The van der Waals surface area contributed by atoms with Crippen LogP contribution >= 0.6 is 0 Å². The average molecular weight is 393 g/mol. The average Bonchev–Trinajstić information content (AvgIpc) is 3.35. The van der Waals surface area contributed by atoms with Crippen molar-refractivity contribution in [3.05, 3.63) is 54.4 Å². The van der Waals surface area contributed by atoms with Crippen LogP contribution in [0.15, 0.2) is 48.8 Å². The van der Waals surface area contributed by atoms with E-state index in [2.05, 4.69) is 21.7 Å². The molecule has 1 aromatic heterocycles. The van der Waals surface area contributed by atoms with E-state index in [0.29, 0.717) is 12.5 Å². The van der Waals surface area contributed by atoms with Crippen molar-refractivity contribution in [2.45, 2.75) is 63.2 Å². The second kappa shape index (κ2) is 6.82. The third kappa shape index (κ3) is 3.30. The topological polar surface area (TPSA) is 72.5 Å². The van der Waals surface area contributed by atoms with Gasteiger partial charge in [0.1, 0.15) is 6.10 Å². The van der Waals surface area contributed by atoms with Crippen molar-refractivity contribution in [2.24, 2.45) is 5.92 Å². The van der Waals surface area contributed by atoms with Crippen LogP contribution in [0.2, 0.25) is 0 Å². The van der Waals surface area contributed by atoms with Crippen LogP contribution < -0.4 is 10.6 Å². The first-order valence-corrected chi connectivity index (χ1v) is 10.4. The number of nitrogens with zero attached hydrogens (tertiary/aromatic N) is 1. The van der Waals surface area contributed by atoms with Gasteiger partial charge in [0, 0.05) is 24.5 Å². The van der Waals surface area contributed by atoms with Crippen LogP contribution in [0, 0.1) is 5.92 Å². The lowest BCUT2D eigenvalue weighted by Gasteiger charge is -2.35. The summed E-state index contributed by atoms with van der Waals surface area (Å²) in [6.07, 6.45) is 6.57. The lowest BCUT2D eigenvalue weighted by atomic mass is 9.89. The Morgan fingerprint density at radius 3 is 2.90 bits per heavy atom. The number of fused-ring (bicyclic) bond motifs is 5. The molecule has 2 aromatic rings. The highest BCUT2D eigenvalue weighted by atomic mass is 16.8. The van der Waals surface area contributed by atoms with Crippen LogP contribution in [0.4, 0.5) is 4.79 Å². The molecule has 3 aliphatic rings. The molecule has 1 aromatic carbocycles. The first-order valence-electron chi connectivity index (χ1n) is 10.4. The van der Waals surface area contributed by atoms with Gasteiger partial charge in [-0.3, -0.25) is 4.98 Å². The fourth-order valence-corrected chi connectivity index (χ4v) is 5.32. The molecule has 3 fully saturated rings. The molecule has 152 valence electrons. The molecule has 0 radical (unpaired) electrons. The maximum atomic E-state index is 12.8. The first-order chi connectivity index (χ1) is 14.0. The standard InChI is InChI=1S/C23H27N3O3/c1-22(2)28-19-15-9-10-23(12-15,20(19)29-22)26-21(27)25-14-17-6-3-4-8-18(17)16-7-5-11-24-13-16/h3-8,11,13,15,19-20H,9-10,12,14H2,1-2H3,(H2,25,26,27)/t15-,19+,20+,23-/m0/s1. The molecule has 1 saturated heterocycles. The second-order valence-corrected chi connectivity index (χ2v) is 8.89. The summed E-state index contributed by atoms with van der Waals surface area (Å²) < 4.78 is 12.3. The van der Waals surface area contributed by atoms with Gasteiger partial charge in [-0.25, -0.2) is 4.79 Å². The molecule has 5 rings (SSSR count). The van der Waals surface area contributed by atoms with Crippen LogP contribution in [0.1, 0.15) is 38.7 Å². The number of ether oxygens (including phenoxy) is 2. The minimum Gasteiger partial charge on any atom is -0.344 e. The van der Waals surface area contributed by atoms with Gasteiger partial charge in [0.25, 0.3) is 0 Å². The summed E-state index contributed by atoms with van der Waals surface area (Å²) in [6, 6.07) is 11.9. The van der Waals surface area contributed by atoms with E-state index in [1.807, 2.05) is 50.4 Å². The quantitative estimate of drug-likeness (QED) is 0.832. The Hall–Kier alpha value is -2.44. The van der Waals surface area contributed by atoms with Gasteiger partial charge >= 0.3 is 6.03 Å². The van der Waals surface area contributed by atoms with E-state index < -0.39 is 5.79 Å². The monoisotopic (exact) mass is 393 g/mol. The molecule has 2 N–H and O–H groups in total. The Kier molecular flexibility index (Phi) is 4.37. The SMILES string of the molecule is CC1(C)O[C@@H]2[C@H]3CC[C@](NC(=O)NCc4ccccc4-c4cccnc4)(C3)[C@@H]2O1. The molecular weight excluding hydrogens is 366 g/mol. The maximum Gasteiger partial charge on any atom is 0.315 e. The Balaban J connectivity index is 1.27. The number of carbonyl (C=O) groups is 1. The fourth-order valence-electron chi connectivity index (χ4n) is 5.32. The minimum atomic E-state index is -0.579. The van der Waals surface area contributed by atoms with Gasteiger partial charge in [-0.05, 0) is 56.2 Å². The molecular formula is C23H27N3O3. The van der Waals surface area contributed by atoms with Gasteiger partial charge in [-0.15, -0.1) is 0 Å². The van der Waals surface area contributed by atoms with Crippen molar-refractivity contribution < 1.29 is 14.3 Å². The molecule has 6 nitrogen and oxygen atoms in total. The summed E-state index contributed by atoms with van der Waals surface area (Å²) in [5.41, 5.74) is 2.86. The minimum absolute atomic E-state index is 0.0651. The third-order valence-corrected chi connectivity index (χ3v) is 6.52. The number of aromatic nitrogens is 1. The van der Waals surface area contributed by atoms with Crippen LogP contribution in [0.3, 0.4) is 0 Å². The van der Waals surface area contributed by atoms with Crippen molar-refractivity contribution in [3.63, 3.8) is 0 Å². The molecule has 6 heteroatoms. The van der Waals surface area contributed by atoms with E-state index in [9.17, 15) is 4.79 Å². The summed E-state index contributed by atoms with van der Waals surface area (Å²) in [7, 11) is 0. The van der Waals surface area contributed by atoms with Crippen molar-refractivity contribution in [3.8, 4) is 11.1 Å². The highest BCUT2D eigenvalue weighted by Crippen LogP contribution is 2.55. The Morgan fingerprint density at radius 2 is 2.07 bits per heavy atom. The first kappa shape index (κ1) is 18.6. The van der Waals surface area contributed by atoms with E-state index in [1.54, 1.807) is 6.20 Å². The zero-order valence-corrected chi connectivity index (χ0v) is 16.9. The largest absolute Gasteiger partial charge is 0.344 e. The molecule has 29 heavy (non-hydrogen) atoms. The van der Waals surface area contributed by atoms with Crippen LogP contribution in [0.25, 0.3) is 11.1 Å². The van der Waals surface area contributed by atoms with Gasteiger partial charge in [-0.2, -0.15) is 0 Å². The van der Waals surface area contributed by atoms with Crippen LogP contribution in [-0.4, -0.2) is 34.5 Å². The number of hydrogen-bond donors (Lipinski definition) is 2. The fraction of sp³-hybridized carbons (Fsp3) is 0.478. The normalized spacial score (nSPS) is 31.4. The summed E-state index contributed by atoms with van der Waals surface area (Å²) >= 11 is 0. The van der Waals surface area contributed by atoms with E-state index >= 15 is 0 Å². The van der Waals surface area contributed by atoms with Gasteiger partial charge in [0.05, 0.1) is 11.6 Å². The van der Waals surface area contributed by atoms with Crippen molar-refractivity contribution in [1.82, 2.24) is 15.6 Å². The van der Waals surface area contributed by atoms with Gasteiger partial charge < -0.3 is 20.1 Å². The van der Waals surface area contributed by atoms with Crippen LogP contribution in [-0.2, 0) is 16.0 Å². The number of urea groups is 1. The van der Waals surface area contributed by atoms with Crippen molar-refractivity contribution in [1.29, 1.82) is 0 Å². The molecule has 2 saturated carbocycles. The van der Waals surface area contributed by atoms with Gasteiger partial charge in [0.15, 0.2) is 5.79 Å². The van der Waals surface area contributed by atoms with Crippen LogP contribution in [0.5, 0.6) is 0 Å². The van der Waals surface area contributed by atoms with Crippen molar-refractivity contribution >= 4 is 6.03 Å². The molecule has 1 aliphatic heterocycles. The number of nitrogens with one attached hydrogen (secondary N) is 2. The number of carbonyl (C=O) groups excluding carboxylic acids is 1. The molecule has 2 heterocycles. The molecule has 2 aliphatic carbocycles. The number of rotatable bonds is 4. The van der Waals surface area contributed by atoms with Gasteiger partial charge in [0.2, 0.25) is 0 Å². The Labute approximate surface area is 171 Å². The zero-order valence-electron chi connectivity index (χ0n) is 16.9. The predicted octanol–water partition coefficient (Wildman–Crippen LogP) is 3.62. The van der Waals surface area contributed by atoms with Crippen molar-refractivity contribution in [2.75, 3.05) is 0 Å². The predicted molar refractivity (Wildman–Crippen MR) is 109 cm³/mol. The summed E-state index contributed by atoms with van der Waals surface area (Å²) in [4.78, 5) is 17.0. The van der Waals surface area contributed by atoms with Gasteiger partial charge in [-0.1, -0.05) is 30.3 Å². The lowest BCUT2D eigenvalue weighted by molar-refractivity contribution is -0.159. The molecule has 2 bridgehead atoms. The van der Waals surface area contributed by atoms with E-state index in [4.69, 9.17) is 9.47 Å². The summed E-state index contributed by atoms with van der Waals surface area (Å²) in [6.45, 7) is 4.36. The molecule has 4 atom stereocenters. The summed E-state index contributed by atoms with van der Waals surface area (Å²) in [5, 5.41) is 6.30. The third-order valence-electron chi connectivity index (χ3n) is 6.52. The van der Waals surface area contributed by atoms with E-state index in [0.717, 1.165) is 36.0 Å². The number of amides is 2. The number of pyridine rings is 1. The number of benzene rings is 1. The maximum absolute atomic E-state index is 12.8. The Morgan fingerprint density at radius 1 is 1.21 bits per heavy atom. The molecule has 0 unspecified atom stereocenters. The highest BCUT2D eigenvalue weighted by molar-refractivity contribution is 5.76. The summed E-state index contributed by atoms with van der Waals surface area (Å²) in [5.74, 6) is -0.113. The molecule has 0 spiro atoms. The lowest BCUT2D eigenvalue weighted by Crippen LogP contribution is -2.58. The Bertz CT molecular complexity index is 917. The molecule has 2 amide bonds. The highest BCUT2D eigenvalue weighted by Gasteiger charge is 2.65. The smallest absolute Gasteiger partial charge is 0.315 e. The second-order valence-electron chi connectivity index (χ2n) is 8.89. The van der Waals surface area contributed by atoms with E-state index in [1.165, 1.54) is 0 Å². The number of hydrogen-bond acceptors (Lipinski definition) is 4. The zero-order chi connectivity index (χ0) is 20.1.